The zero-order valence-electron chi connectivity index (χ0n) is 12.6. The Hall–Kier alpha value is -2.02. The number of carbonyl (C=O) groups is 1. The highest BCUT2D eigenvalue weighted by Crippen LogP contribution is 2.28. The number of nitrogens with zero attached hydrogens (tertiary/aromatic N) is 2. The summed E-state index contributed by atoms with van der Waals surface area (Å²) in [6.07, 6.45) is 1.37. The van der Waals surface area contributed by atoms with Gasteiger partial charge in [-0.05, 0) is 12.5 Å². The van der Waals surface area contributed by atoms with E-state index in [0.29, 0.717) is 18.9 Å². The lowest BCUT2D eigenvalue weighted by atomic mass is 10.3. The fraction of sp³-hybridized carbons (Fsp3) is 0.500. The van der Waals surface area contributed by atoms with Gasteiger partial charge in [-0.3, -0.25) is 10.1 Å². The number of ether oxygens (including phenoxy) is 2. The third-order valence-electron chi connectivity index (χ3n) is 2.85. The number of non-ortho nitro benzene ring substituents is 1. The molecule has 0 radical (unpaired) electrons. The van der Waals surface area contributed by atoms with Gasteiger partial charge in [-0.15, -0.1) is 0 Å². The minimum Gasteiger partial charge on any atom is -0.490 e. The lowest BCUT2D eigenvalue weighted by molar-refractivity contribution is -0.384. The van der Waals surface area contributed by atoms with Crippen LogP contribution in [0.2, 0.25) is 5.02 Å². The van der Waals surface area contributed by atoms with Gasteiger partial charge in [0.05, 0.1) is 23.1 Å². The first kappa shape index (κ1) is 18.0. The van der Waals surface area contributed by atoms with Crippen molar-refractivity contribution < 1.29 is 19.2 Å². The molecule has 122 valence electrons. The molecule has 7 nitrogen and oxygen atoms in total. The van der Waals surface area contributed by atoms with Gasteiger partial charge < -0.3 is 14.4 Å². The Kier molecular flexibility index (Phi) is 7.45. The number of unbranched alkanes of at least 4 members (excludes halogenated alkanes) is 1. The Morgan fingerprint density at radius 2 is 2.14 bits per heavy atom. The van der Waals surface area contributed by atoms with Gasteiger partial charge >= 0.3 is 6.09 Å². The van der Waals surface area contributed by atoms with Crippen molar-refractivity contribution in [2.45, 2.75) is 19.8 Å². The fourth-order valence-electron chi connectivity index (χ4n) is 1.52. The number of likely N-dealkylation sites (N-methyl/N-ethyl adjacent to an activating group) is 1. The van der Waals surface area contributed by atoms with Crippen LogP contribution >= 0.6 is 11.6 Å². The number of amides is 1. The van der Waals surface area contributed by atoms with Crippen LogP contribution < -0.4 is 4.74 Å². The quantitative estimate of drug-likeness (QED) is 0.414. The van der Waals surface area contributed by atoms with Crippen LogP contribution in [0.4, 0.5) is 10.5 Å². The zero-order chi connectivity index (χ0) is 16.5. The molecule has 0 saturated heterocycles. The van der Waals surface area contributed by atoms with Crippen LogP contribution in [0.3, 0.4) is 0 Å². The second kappa shape index (κ2) is 9.09. The van der Waals surface area contributed by atoms with Gasteiger partial charge in [0.1, 0.15) is 12.4 Å². The summed E-state index contributed by atoms with van der Waals surface area (Å²) in [5.74, 6) is 0.333. The molecule has 0 unspecified atom stereocenters. The minimum atomic E-state index is -0.532. The van der Waals surface area contributed by atoms with Crippen molar-refractivity contribution >= 4 is 23.4 Å². The number of hydrogen-bond acceptors (Lipinski definition) is 5. The number of nitro benzene ring substituents is 1. The van der Waals surface area contributed by atoms with Crippen molar-refractivity contribution in [3.63, 3.8) is 0 Å². The predicted molar refractivity (Wildman–Crippen MR) is 82.5 cm³/mol. The van der Waals surface area contributed by atoms with E-state index in [1.165, 1.54) is 23.1 Å². The standard InChI is InChI=1S/C14H19ClN2O5/c1-3-4-8-22-14(18)16(2)7-9-21-13-6-5-11(17(19)20)10-12(13)15/h5-6,10H,3-4,7-9H2,1-2H3. The zero-order valence-corrected chi connectivity index (χ0v) is 13.3. The summed E-state index contributed by atoms with van der Waals surface area (Å²) in [5.41, 5.74) is -0.103. The summed E-state index contributed by atoms with van der Waals surface area (Å²) in [7, 11) is 1.61. The van der Waals surface area contributed by atoms with Crippen molar-refractivity contribution in [1.82, 2.24) is 4.90 Å². The van der Waals surface area contributed by atoms with Gasteiger partial charge in [-0.25, -0.2) is 4.79 Å². The molecule has 0 N–H and O–H groups in total. The van der Waals surface area contributed by atoms with Gasteiger partial charge in [-0.1, -0.05) is 24.9 Å². The second-order valence-corrected chi connectivity index (χ2v) is 5.02. The van der Waals surface area contributed by atoms with Gasteiger partial charge in [0, 0.05) is 19.2 Å². The molecule has 1 rings (SSSR count). The fourth-order valence-corrected chi connectivity index (χ4v) is 1.75. The maximum atomic E-state index is 11.6. The molecule has 1 amide bonds. The Morgan fingerprint density at radius 1 is 1.41 bits per heavy atom. The third-order valence-corrected chi connectivity index (χ3v) is 3.14. The van der Waals surface area contributed by atoms with E-state index in [-0.39, 0.29) is 17.3 Å². The van der Waals surface area contributed by atoms with E-state index in [2.05, 4.69) is 0 Å². The molecule has 22 heavy (non-hydrogen) atoms. The molecule has 0 aromatic heterocycles. The van der Waals surface area contributed by atoms with Gasteiger partial charge in [0.25, 0.3) is 5.69 Å². The average molecular weight is 331 g/mol. The number of halogens is 1. The van der Waals surface area contributed by atoms with Crippen LogP contribution in [0, 0.1) is 10.1 Å². The summed E-state index contributed by atoms with van der Waals surface area (Å²) in [6, 6.07) is 3.96. The minimum absolute atomic E-state index is 0.103. The van der Waals surface area contributed by atoms with E-state index in [1.807, 2.05) is 6.92 Å². The van der Waals surface area contributed by atoms with E-state index in [1.54, 1.807) is 7.05 Å². The number of carbonyl (C=O) groups excluding carboxylic acids is 1. The van der Waals surface area contributed by atoms with Crippen molar-refractivity contribution in [2.75, 3.05) is 26.8 Å². The van der Waals surface area contributed by atoms with Crippen LogP contribution in [0.5, 0.6) is 5.75 Å². The normalized spacial score (nSPS) is 10.1. The van der Waals surface area contributed by atoms with Crippen molar-refractivity contribution in [3.8, 4) is 5.75 Å². The first-order chi connectivity index (χ1) is 10.5. The molecule has 0 aliphatic heterocycles. The van der Waals surface area contributed by atoms with Gasteiger partial charge in [0.15, 0.2) is 0 Å². The Labute approximate surface area is 133 Å². The molecular formula is C14H19ClN2O5. The monoisotopic (exact) mass is 330 g/mol. The Morgan fingerprint density at radius 3 is 2.73 bits per heavy atom. The first-order valence-electron chi connectivity index (χ1n) is 6.90. The van der Waals surface area contributed by atoms with Crippen molar-refractivity contribution in [2.24, 2.45) is 0 Å². The molecule has 1 aromatic carbocycles. The largest absolute Gasteiger partial charge is 0.490 e. The molecule has 1 aromatic rings. The molecular weight excluding hydrogens is 312 g/mol. The Balaban J connectivity index is 2.40. The van der Waals surface area contributed by atoms with Crippen LogP contribution in [-0.4, -0.2) is 42.7 Å². The van der Waals surface area contributed by atoms with Crippen LogP contribution in [0.15, 0.2) is 18.2 Å². The summed E-state index contributed by atoms with van der Waals surface area (Å²) in [4.78, 5) is 23.1. The number of nitro groups is 1. The maximum absolute atomic E-state index is 11.6. The van der Waals surface area contributed by atoms with Crippen LogP contribution in [0.1, 0.15) is 19.8 Å². The molecule has 0 aliphatic carbocycles. The van der Waals surface area contributed by atoms with E-state index >= 15 is 0 Å². The van der Waals surface area contributed by atoms with E-state index in [0.717, 1.165) is 12.8 Å². The average Bonchev–Trinajstić information content (AvgIpc) is 2.48. The van der Waals surface area contributed by atoms with E-state index in [9.17, 15) is 14.9 Å². The maximum Gasteiger partial charge on any atom is 0.409 e. The summed E-state index contributed by atoms with van der Waals surface area (Å²) >= 11 is 5.90. The molecule has 0 fully saturated rings. The molecule has 0 bridgehead atoms. The SMILES string of the molecule is CCCCOC(=O)N(C)CCOc1ccc([N+](=O)[O-])cc1Cl. The molecule has 0 spiro atoms. The van der Waals surface area contributed by atoms with Gasteiger partial charge in [0.2, 0.25) is 0 Å². The lowest BCUT2D eigenvalue weighted by Gasteiger charge is -2.17. The Bertz CT molecular complexity index is 524. The second-order valence-electron chi connectivity index (χ2n) is 4.61. The summed E-state index contributed by atoms with van der Waals surface area (Å²) < 4.78 is 10.5. The number of hydrogen-bond donors (Lipinski definition) is 0. The topological polar surface area (TPSA) is 81.9 Å². The van der Waals surface area contributed by atoms with Crippen molar-refractivity contribution in [3.05, 3.63) is 33.3 Å². The van der Waals surface area contributed by atoms with E-state index in [4.69, 9.17) is 21.1 Å². The van der Waals surface area contributed by atoms with Crippen LogP contribution in [-0.2, 0) is 4.74 Å². The highest BCUT2D eigenvalue weighted by atomic mass is 35.5. The number of benzene rings is 1. The molecule has 0 aliphatic rings. The lowest BCUT2D eigenvalue weighted by Crippen LogP contribution is -2.31. The van der Waals surface area contributed by atoms with Crippen molar-refractivity contribution in [1.29, 1.82) is 0 Å². The highest BCUT2D eigenvalue weighted by Gasteiger charge is 2.12. The molecule has 8 heteroatoms. The molecule has 0 heterocycles. The highest BCUT2D eigenvalue weighted by molar-refractivity contribution is 6.32. The summed E-state index contributed by atoms with van der Waals surface area (Å²) in [6.45, 7) is 2.93. The van der Waals surface area contributed by atoms with Crippen LogP contribution in [0.25, 0.3) is 0 Å². The molecule has 0 saturated carbocycles. The number of rotatable bonds is 8. The predicted octanol–water partition coefficient (Wildman–Crippen LogP) is 3.50. The summed E-state index contributed by atoms with van der Waals surface area (Å²) in [5, 5.41) is 10.8. The third kappa shape index (κ3) is 5.77. The molecule has 0 atom stereocenters. The first-order valence-corrected chi connectivity index (χ1v) is 7.28. The smallest absolute Gasteiger partial charge is 0.409 e. The van der Waals surface area contributed by atoms with E-state index < -0.39 is 11.0 Å². The van der Waals surface area contributed by atoms with Gasteiger partial charge in [-0.2, -0.15) is 0 Å².